The van der Waals surface area contributed by atoms with E-state index in [1.807, 2.05) is 87.5 Å². The normalized spacial score (nSPS) is 11.3. The molecule has 0 atom stereocenters. The van der Waals surface area contributed by atoms with E-state index in [9.17, 15) is 9.59 Å². The first-order valence-electron chi connectivity index (χ1n) is 11.3. The molecular formula is C28H26N4O2. The third kappa shape index (κ3) is 3.99. The molecule has 0 aliphatic heterocycles. The zero-order chi connectivity index (χ0) is 23.8. The standard InChI is InChI=1S/C28H26N4O2/c1-18-10-12-24-22(13-18)26-27(28(34)31(17-29-26)15-21-7-5-4-6-8-21)32(24)16-25(33)30-23-14-19(2)9-11-20(23)3/h4-14,17H,15-16H2,1-3H3,(H,30,33). The molecular weight excluding hydrogens is 424 g/mol. The van der Waals surface area contributed by atoms with Gasteiger partial charge in [-0.25, -0.2) is 4.98 Å². The number of hydrogen-bond acceptors (Lipinski definition) is 3. The van der Waals surface area contributed by atoms with Crippen molar-refractivity contribution in [3.8, 4) is 0 Å². The van der Waals surface area contributed by atoms with Crippen molar-refractivity contribution >= 4 is 33.5 Å². The summed E-state index contributed by atoms with van der Waals surface area (Å²) in [5.74, 6) is -0.189. The largest absolute Gasteiger partial charge is 0.325 e. The molecule has 0 unspecified atom stereocenters. The lowest BCUT2D eigenvalue weighted by Gasteiger charge is -2.12. The van der Waals surface area contributed by atoms with E-state index in [1.54, 1.807) is 15.5 Å². The first kappa shape index (κ1) is 21.6. The average molecular weight is 451 g/mol. The van der Waals surface area contributed by atoms with Gasteiger partial charge in [-0.2, -0.15) is 0 Å². The number of benzene rings is 3. The van der Waals surface area contributed by atoms with E-state index >= 15 is 0 Å². The lowest BCUT2D eigenvalue weighted by molar-refractivity contribution is -0.116. The number of aryl methyl sites for hydroxylation is 3. The average Bonchev–Trinajstić information content (AvgIpc) is 3.12. The molecule has 0 fully saturated rings. The van der Waals surface area contributed by atoms with E-state index in [1.165, 1.54) is 0 Å². The van der Waals surface area contributed by atoms with Crippen molar-refractivity contribution in [1.29, 1.82) is 0 Å². The molecule has 1 amide bonds. The number of hydrogen-bond donors (Lipinski definition) is 1. The van der Waals surface area contributed by atoms with E-state index in [4.69, 9.17) is 0 Å². The molecule has 2 heterocycles. The maximum absolute atomic E-state index is 13.6. The van der Waals surface area contributed by atoms with Gasteiger partial charge >= 0.3 is 0 Å². The number of nitrogens with zero attached hydrogens (tertiary/aromatic N) is 3. The number of carbonyl (C=O) groups excluding carboxylic acids is 1. The van der Waals surface area contributed by atoms with E-state index in [2.05, 4.69) is 10.3 Å². The first-order valence-corrected chi connectivity index (χ1v) is 11.3. The topological polar surface area (TPSA) is 68.9 Å². The molecule has 0 aliphatic rings. The quantitative estimate of drug-likeness (QED) is 0.411. The second-order valence-electron chi connectivity index (χ2n) is 8.83. The highest BCUT2D eigenvalue weighted by atomic mass is 16.2. The lowest BCUT2D eigenvalue weighted by Crippen LogP contribution is -2.25. The molecule has 1 N–H and O–H groups in total. The van der Waals surface area contributed by atoms with Crippen LogP contribution in [0.3, 0.4) is 0 Å². The highest BCUT2D eigenvalue weighted by molar-refractivity contribution is 6.06. The highest BCUT2D eigenvalue weighted by Gasteiger charge is 2.19. The Hall–Kier alpha value is -4.19. The minimum Gasteiger partial charge on any atom is -0.325 e. The minimum absolute atomic E-state index is 0.0166. The Morgan fingerprint density at radius 3 is 2.47 bits per heavy atom. The van der Waals surface area contributed by atoms with Crippen molar-refractivity contribution in [1.82, 2.24) is 14.1 Å². The Balaban J connectivity index is 1.61. The number of carbonyl (C=O) groups is 1. The van der Waals surface area contributed by atoms with Crippen LogP contribution < -0.4 is 10.9 Å². The van der Waals surface area contributed by atoms with Crippen molar-refractivity contribution in [2.24, 2.45) is 0 Å². The van der Waals surface area contributed by atoms with Crippen LogP contribution in [0.5, 0.6) is 0 Å². The number of fused-ring (bicyclic) bond motifs is 3. The summed E-state index contributed by atoms with van der Waals surface area (Å²) in [6.07, 6.45) is 1.60. The van der Waals surface area contributed by atoms with Gasteiger partial charge in [-0.1, -0.05) is 54.1 Å². The van der Waals surface area contributed by atoms with E-state index in [-0.39, 0.29) is 18.0 Å². The monoisotopic (exact) mass is 450 g/mol. The number of nitrogens with one attached hydrogen (secondary N) is 1. The minimum atomic E-state index is -0.189. The summed E-state index contributed by atoms with van der Waals surface area (Å²) in [4.78, 5) is 31.4. The predicted octanol–water partition coefficient (Wildman–Crippen LogP) is 4.96. The highest BCUT2D eigenvalue weighted by Crippen LogP contribution is 2.27. The first-order chi connectivity index (χ1) is 16.4. The summed E-state index contributed by atoms with van der Waals surface area (Å²) < 4.78 is 3.39. The van der Waals surface area contributed by atoms with E-state index in [0.717, 1.165) is 38.8 Å². The zero-order valence-corrected chi connectivity index (χ0v) is 19.5. The summed E-state index contributed by atoms with van der Waals surface area (Å²) in [6, 6.07) is 21.7. The lowest BCUT2D eigenvalue weighted by atomic mass is 10.1. The van der Waals surface area contributed by atoms with Gasteiger partial charge in [0.05, 0.1) is 18.4 Å². The van der Waals surface area contributed by atoms with E-state index in [0.29, 0.717) is 17.6 Å². The molecule has 5 rings (SSSR count). The van der Waals surface area contributed by atoms with Crippen molar-refractivity contribution in [2.75, 3.05) is 5.32 Å². The van der Waals surface area contributed by atoms with Gasteiger partial charge in [0.15, 0.2) is 0 Å². The van der Waals surface area contributed by atoms with Gasteiger partial charge in [0.25, 0.3) is 5.56 Å². The Morgan fingerprint density at radius 2 is 1.68 bits per heavy atom. The zero-order valence-electron chi connectivity index (χ0n) is 19.5. The van der Waals surface area contributed by atoms with Crippen LogP contribution in [0.25, 0.3) is 21.9 Å². The second-order valence-corrected chi connectivity index (χ2v) is 8.83. The van der Waals surface area contributed by atoms with Crippen LogP contribution in [0.15, 0.2) is 77.9 Å². The summed E-state index contributed by atoms with van der Waals surface area (Å²) in [6.45, 7) is 6.39. The Kier molecular flexibility index (Phi) is 5.49. The molecule has 170 valence electrons. The summed E-state index contributed by atoms with van der Waals surface area (Å²) >= 11 is 0. The van der Waals surface area contributed by atoms with Crippen molar-refractivity contribution < 1.29 is 4.79 Å². The summed E-state index contributed by atoms with van der Waals surface area (Å²) in [5, 5.41) is 3.89. The summed E-state index contributed by atoms with van der Waals surface area (Å²) in [5.41, 5.74) is 6.63. The second kappa shape index (κ2) is 8.63. The fourth-order valence-electron chi connectivity index (χ4n) is 4.37. The van der Waals surface area contributed by atoms with Crippen LogP contribution in [-0.4, -0.2) is 20.0 Å². The van der Waals surface area contributed by atoms with E-state index < -0.39 is 0 Å². The molecule has 2 aromatic heterocycles. The third-order valence-electron chi connectivity index (χ3n) is 6.15. The number of anilines is 1. The Labute approximate surface area is 197 Å². The van der Waals surface area contributed by atoms with Gasteiger partial charge in [-0.3, -0.25) is 14.2 Å². The number of amides is 1. The van der Waals surface area contributed by atoms with Gasteiger partial charge in [-0.05, 0) is 55.7 Å². The Morgan fingerprint density at radius 1 is 0.941 bits per heavy atom. The van der Waals surface area contributed by atoms with Gasteiger partial charge in [0.1, 0.15) is 17.6 Å². The summed E-state index contributed by atoms with van der Waals surface area (Å²) in [7, 11) is 0. The van der Waals surface area contributed by atoms with Gasteiger partial charge in [0, 0.05) is 11.1 Å². The Bertz CT molecular complexity index is 1600. The molecule has 5 aromatic rings. The third-order valence-corrected chi connectivity index (χ3v) is 6.15. The van der Waals surface area contributed by atoms with Crippen molar-refractivity contribution in [2.45, 2.75) is 33.9 Å². The molecule has 6 nitrogen and oxygen atoms in total. The van der Waals surface area contributed by atoms with Crippen LogP contribution in [0.1, 0.15) is 22.3 Å². The SMILES string of the molecule is Cc1ccc(C)c(NC(=O)Cn2c3ccc(C)cc3c3ncn(Cc4ccccc4)c(=O)c32)c1. The van der Waals surface area contributed by atoms with Gasteiger partial charge < -0.3 is 9.88 Å². The maximum atomic E-state index is 13.6. The fraction of sp³-hybridized carbons (Fsp3) is 0.179. The molecule has 0 bridgehead atoms. The maximum Gasteiger partial charge on any atom is 0.278 e. The van der Waals surface area contributed by atoms with Gasteiger partial charge in [0.2, 0.25) is 5.91 Å². The smallest absolute Gasteiger partial charge is 0.278 e. The van der Waals surface area contributed by atoms with Crippen LogP contribution in [0.4, 0.5) is 5.69 Å². The molecule has 0 saturated heterocycles. The molecule has 0 aliphatic carbocycles. The number of aromatic nitrogens is 3. The van der Waals surface area contributed by atoms with Crippen LogP contribution >= 0.6 is 0 Å². The van der Waals surface area contributed by atoms with Crippen LogP contribution in [0.2, 0.25) is 0 Å². The molecule has 0 saturated carbocycles. The predicted molar refractivity (Wildman–Crippen MR) is 136 cm³/mol. The molecule has 6 heteroatoms. The van der Waals surface area contributed by atoms with Crippen molar-refractivity contribution in [3.63, 3.8) is 0 Å². The van der Waals surface area contributed by atoms with Crippen LogP contribution in [0, 0.1) is 20.8 Å². The van der Waals surface area contributed by atoms with Crippen molar-refractivity contribution in [3.05, 3.63) is 106 Å². The molecule has 3 aromatic carbocycles. The van der Waals surface area contributed by atoms with Gasteiger partial charge in [-0.15, -0.1) is 0 Å². The number of rotatable bonds is 5. The fourth-order valence-corrected chi connectivity index (χ4v) is 4.37. The van der Waals surface area contributed by atoms with Crippen LogP contribution in [-0.2, 0) is 17.9 Å². The molecule has 34 heavy (non-hydrogen) atoms. The molecule has 0 radical (unpaired) electrons. The molecule has 0 spiro atoms.